The first-order valence-electron chi connectivity index (χ1n) is 3.29. The number of aliphatic carboxylic acids is 1. The first-order chi connectivity index (χ1) is 4.72. The predicted molar refractivity (Wildman–Crippen MR) is 34.8 cm³/mol. The first kappa shape index (κ1) is 7.50. The van der Waals surface area contributed by atoms with E-state index >= 15 is 0 Å². The summed E-state index contributed by atoms with van der Waals surface area (Å²) in [6, 6.07) is -0.534. The molecule has 2 N–H and O–H groups in total. The number of carboxylic acid groups (broad SMARTS) is 1. The van der Waals surface area contributed by atoms with E-state index in [4.69, 9.17) is 9.84 Å². The maximum absolute atomic E-state index is 10.4. The second-order valence-corrected chi connectivity index (χ2v) is 2.35. The molecule has 1 saturated heterocycles. The molecule has 1 fully saturated rings. The van der Waals surface area contributed by atoms with E-state index in [0.717, 1.165) is 0 Å². The smallest absolute Gasteiger partial charge is 0.323 e. The molecule has 4 heteroatoms. The number of ether oxygens (including phenoxy) is 1. The maximum atomic E-state index is 10.4. The summed E-state index contributed by atoms with van der Waals surface area (Å²) in [5.74, 6) is -0.841. The number of carboxylic acids is 1. The van der Waals surface area contributed by atoms with Crippen molar-refractivity contribution in [1.82, 2.24) is 5.32 Å². The van der Waals surface area contributed by atoms with Gasteiger partial charge in [-0.3, -0.25) is 10.1 Å². The van der Waals surface area contributed by atoms with Gasteiger partial charge in [0.05, 0.1) is 12.7 Å². The van der Waals surface area contributed by atoms with Gasteiger partial charge in [-0.25, -0.2) is 0 Å². The second kappa shape index (κ2) is 2.98. The van der Waals surface area contributed by atoms with E-state index in [1.807, 2.05) is 0 Å². The van der Waals surface area contributed by atoms with Gasteiger partial charge >= 0.3 is 5.97 Å². The molecule has 1 rings (SSSR count). The lowest BCUT2D eigenvalue weighted by atomic mass is 10.1. The third-order valence-electron chi connectivity index (χ3n) is 1.58. The lowest BCUT2D eigenvalue weighted by molar-refractivity contribution is -0.145. The Morgan fingerprint density at radius 3 is 2.90 bits per heavy atom. The summed E-state index contributed by atoms with van der Waals surface area (Å²) in [6.45, 7) is 2.98. The molecule has 0 bridgehead atoms. The average Bonchev–Trinajstić information content (AvgIpc) is 1.88. The molecule has 58 valence electrons. The molecule has 0 aromatic carbocycles. The molecule has 0 aromatic rings. The van der Waals surface area contributed by atoms with E-state index in [-0.39, 0.29) is 6.10 Å². The SMILES string of the molecule is C[C@H]1OCCNC1C(=O)O. The number of nitrogens with one attached hydrogen (secondary N) is 1. The Hall–Kier alpha value is -0.610. The zero-order chi connectivity index (χ0) is 7.56. The molecule has 2 atom stereocenters. The van der Waals surface area contributed by atoms with Gasteiger partial charge in [0.15, 0.2) is 0 Å². The molecule has 1 heterocycles. The van der Waals surface area contributed by atoms with E-state index in [0.29, 0.717) is 13.2 Å². The van der Waals surface area contributed by atoms with Crippen molar-refractivity contribution in [2.24, 2.45) is 0 Å². The van der Waals surface area contributed by atoms with Gasteiger partial charge in [-0.15, -0.1) is 0 Å². The molecule has 0 aromatic heterocycles. The van der Waals surface area contributed by atoms with Gasteiger partial charge in [0.1, 0.15) is 6.04 Å². The summed E-state index contributed by atoms with van der Waals surface area (Å²) >= 11 is 0. The van der Waals surface area contributed by atoms with Crippen molar-refractivity contribution in [3.63, 3.8) is 0 Å². The second-order valence-electron chi connectivity index (χ2n) is 2.35. The molecule has 1 unspecified atom stereocenters. The molecular formula is C6H11NO3. The molecule has 0 amide bonds. The van der Waals surface area contributed by atoms with Crippen molar-refractivity contribution in [3.8, 4) is 0 Å². The standard InChI is InChI=1S/C6H11NO3/c1-4-5(6(8)9)7-2-3-10-4/h4-5,7H,2-3H2,1H3,(H,8,9)/t4-,5?/m1/s1. The van der Waals surface area contributed by atoms with Crippen LogP contribution in [0.15, 0.2) is 0 Å². The van der Waals surface area contributed by atoms with Crippen molar-refractivity contribution in [1.29, 1.82) is 0 Å². The van der Waals surface area contributed by atoms with Crippen LogP contribution < -0.4 is 5.32 Å². The molecule has 1 aliphatic heterocycles. The Bertz CT molecular complexity index is 137. The van der Waals surface area contributed by atoms with Crippen molar-refractivity contribution >= 4 is 5.97 Å². The molecule has 0 saturated carbocycles. The van der Waals surface area contributed by atoms with Crippen LogP contribution in [0.5, 0.6) is 0 Å². The van der Waals surface area contributed by atoms with Crippen LogP contribution in [-0.2, 0) is 9.53 Å². The third kappa shape index (κ3) is 1.46. The number of morpholine rings is 1. The van der Waals surface area contributed by atoms with Crippen LogP contribution in [0, 0.1) is 0 Å². The highest BCUT2D eigenvalue weighted by atomic mass is 16.5. The van der Waals surface area contributed by atoms with Crippen LogP contribution in [0.1, 0.15) is 6.92 Å². The highest BCUT2D eigenvalue weighted by Gasteiger charge is 2.27. The molecule has 1 aliphatic rings. The van der Waals surface area contributed by atoms with Crippen LogP contribution in [0.3, 0.4) is 0 Å². The number of hydrogen-bond donors (Lipinski definition) is 2. The lowest BCUT2D eigenvalue weighted by Crippen LogP contribution is -2.51. The van der Waals surface area contributed by atoms with Gasteiger partial charge in [0, 0.05) is 6.54 Å². The highest BCUT2D eigenvalue weighted by Crippen LogP contribution is 2.02. The normalized spacial score (nSPS) is 33.7. The van der Waals surface area contributed by atoms with Crippen molar-refractivity contribution in [2.45, 2.75) is 19.1 Å². The van der Waals surface area contributed by atoms with Gasteiger partial charge in [0.25, 0.3) is 0 Å². The topological polar surface area (TPSA) is 58.6 Å². The minimum absolute atomic E-state index is 0.216. The Morgan fingerprint density at radius 1 is 1.80 bits per heavy atom. The lowest BCUT2D eigenvalue weighted by Gasteiger charge is -2.26. The summed E-state index contributed by atoms with van der Waals surface area (Å²) in [7, 11) is 0. The van der Waals surface area contributed by atoms with E-state index in [9.17, 15) is 4.79 Å². The number of rotatable bonds is 1. The van der Waals surface area contributed by atoms with E-state index in [2.05, 4.69) is 5.32 Å². The van der Waals surface area contributed by atoms with E-state index in [1.165, 1.54) is 0 Å². The summed E-state index contributed by atoms with van der Waals surface area (Å²) < 4.78 is 5.11. The maximum Gasteiger partial charge on any atom is 0.323 e. The molecular weight excluding hydrogens is 134 g/mol. The fourth-order valence-electron chi connectivity index (χ4n) is 1.01. The van der Waals surface area contributed by atoms with Gasteiger partial charge in [-0.05, 0) is 6.92 Å². The van der Waals surface area contributed by atoms with Gasteiger partial charge in [-0.2, -0.15) is 0 Å². The van der Waals surface area contributed by atoms with Gasteiger partial charge < -0.3 is 9.84 Å². The number of carbonyl (C=O) groups is 1. The van der Waals surface area contributed by atoms with Crippen molar-refractivity contribution < 1.29 is 14.6 Å². The Morgan fingerprint density at radius 2 is 2.50 bits per heavy atom. The van der Waals surface area contributed by atoms with E-state index in [1.54, 1.807) is 6.92 Å². The number of hydrogen-bond acceptors (Lipinski definition) is 3. The zero-order valence-corrected chi connectivity index (χ0v) is 5.83. The summed E-state index contributed by atoms with van der Waals surface area (Å²) in [5, 5.41) is 11.4. The monoisotopic (exact) mass is 145 g/mol. The fraction of sp³-hybridized carbons (Fsp3) is 0.833. The van der Waals surface area contributed by atoms with Crippen LogP contribution in [0.25, 0.3) is 0 Å². The molecule has 4 nitrogen and oxygen atoms in total. The van der Waals surface area contributed by atoms with Gasteiger partial charge in [0.2, 0.25) is 0 Å². The summed E-state index contributed by atoms with van der Waals surface area (Å²) in [4.78, 5) is 10.4. The predicted octanol–water partition coefficient (Wildman–Crippen LogP) is -0.552. The van der Waals surface area contributed by atoms with Crippen molar-refractivity contribution in [3.05, 3.63) is 0 Å². The zero-order valence-electron chi connectivity index (χ0n) is 5.83. The molecule has 10 heavy (non-hydrogen) atoms. The molecule has 0 radical (unpaired) electrons. The Kier molecular flexibility index (Phi) is 2.24. The average molecular weight is 145 g/mol. The van der Waals surface area contributed by atoms with Crippen LogP contribution in [-0.4, -0.2) is 36.4 Å². The third-order valence-corrected chi connectivity index (χ3v) is 1.58. The van der Waals surface area contributed by atoms with Crippen molar-refractivity contribution in [2.75, 3.05) is 13.2 Å². The Labute approximate surface area is 59.2 Å². The van der Waals surface area contributed by atoms with Gasteiger partial charge in [-0.1, -0.05) is 0 Å². The van der Waals surface area contributed by atoms with Crippen LogP contribution in [0.4, 0.5) is 0 Å². The molecule has 0 aliphatic carbocycles. The van der Waals surface area contributed by atoms with Crippen LogP contribution in [0.2, 0.25) is 0 Å². The minimum Gasteiger partial charge on any atom is -0.480 e. The summed E-state index contributed by atoms with van der Waals surface area (Å²) in [6.07, 6.45) is -0.216. The first-order valence-corrected chi connectivity index (χ1v) is 3.29. The fourth-order valence-corrected chi connectivity index (χ4v) is 1.01. The Balaban J connectivity index is 2.47. The summed E-state index contributed by atoms with van der Waals surface area (Å²) in [5.41, 5.74) is 0. The van der Waals surface area contributed by atoms with E-state index < -0.39 is 12.0 Å². The van der Waals surface area contributed by atoms with Crippen LogP contribution >= 0.6 is 0 Å². The highest BCUT2D eigenvalue weighted by molar-refractivity contribution is 5.74. The quantitative estimate of drug-likeness (QED) is 0.519. The molecule has 0 spiro atoms. The largest absolute Gasteiger partial charge is 0.480 e. The minimum atomic E-state index is -0.841.